The zero-order chi connectivity index (χ0) is 24.9. The van der Waals surface area contributed by atoms with Crippen LogP contribution in [0.1, 0.15) is 41.7 Å². The number of anilines is 1. The van der Waals surface area contributed by atoms with Gasteiger partial charge in [-0.1, -0.05) is 48.5 Å². The number of hydrogen-bond donors (Lipinski definition) is 2. The quantitative estimate of drug-likeness (QED) is 0.468. The van der Waals surface area contributed by atoms with E-state index in [-0.39, 0.29) is 12.0 Å². The Morgan fingerprint density at radius 1 is 0.944 bits per heavy atom. The van der Waals surface area contributed by atoms with Crippen LogP contribution in [0.3, 0.4) is 0 Å². The van der Waals surface area contributed by atoms with Gasteiger partial charge in [0.1, 0.15) is 17.8 Å². The summed E-state index contributed by atoms with van der Waals surface area (Å²) >= 11 is 3.59. The van der Waals surface area contributed by atoms with Crippen LogP contribution in [0.2, 0.25) is 0 Å². The fourth-order valence-electron chi connectivity index (χ4n) is 5.15. The van der Waals surface area contributed by atoms with Gasteiger partial charge in [-0.25, -0.2) is 9.97 Å². The maximum atomic E-state index is 13.3. The third-order valence-electron chi connectivity index (χ3n) is 7.25. The van der Waals surface area contributed by atoms with E-state index in [1.807, 2.05) is 23.1 Å². The van der Waals surface area contributed by atoms with E-state index in [0.717, 1.165) is 49.9 Å². The van der Waals surface area contributed by atoms with E-state index in [1.165, 1.54) is 11.9 Å². The molecule has 1 aromatic heterocycles. The molecule has 1 amide bonds. The Kier molecular flexibility index (Phi) is 7.94. The highest BCUT2D eigenvalue weighted by molar-refractivity contribution is 9.10. The van der Waals surface area contributed by atoms with Crippen molar-refractivity contribution in [3.63, 3.8) is 0 Å². The van der Waals surface area contributed by atoms with E-state index in [4.69, 9.17) is 0 Å². The van der Waals surface area contributed by atoms with Crippen molar-refractivity contribution in [1.82, 2.24) is 19.8 Å². The van der Waals surface area contributed by atoms with Crippen molar-refractivity contribution in [2.45, 2.75) is 44.4 Å². The molecule has 2 aliphatic heterocycles. The van der Waals surface area contributed by atoms with E-state index >= 15 is 0 Å². The number of aliphatic hydroxyl groups is 1. The van der Waals surface area contributed by atoms with Crippen molar-refractivity contribution < 1.29 is 9.90 Å². The molecule has 0 aliphatic carbocycles. The molecule has 5 rings (SSSR count). The number of likely N-dealkylation sites (tertiary alicyclic amines) is 2. The predicted octanol–water partition coefficient (Wildman–Crippen LogP) is 4.58. The average Bonchev–Trinajstić information content (AvgIpc) is 2.93. The van der Waals surface area contributed by atoms with Gasteiger partial charge in [-0.15, -0.1) is 0 Å². The molecule has 2 N–H and O–H groups in total. The van der Waals surface area contributed by atoms with Crippen LogP contribution in [0.15, 0.2) is 65.4 Å². The summed E-state index contributed by atoms with van der Waals surface area (Å²) in [7, 11) is 0. The summed E-state index contributed by atoms with van der Waals surface area (Å²) in [6.07, 6.45) is 4.89. The number of rotatable bonds is 6. The molecule has 0 saturated carbocycles. The summed E-state index contributed by atoms with van der Waals surface area (Å²) in [4.78, 5) is 26.4. The molecule has 2 fully saturated rings. The highest BCUT2D eigenvalue weighted by Gasteiger charge is 2.31. The first kappa shape index (κ1) is 24.9. The molecule has 0 unspecified atom stereocenters. The van der Waals surface area contributed by atoms with Gasteiger partial charge in [0.25, 0.3) is 5.91 Å². The van der Waals surface area contributed by atoms with Gasteiger partial charge in [0.2, 0.25) is 0 Å². The molecule has 2 saturated heterocycles. The van der Waals surface area contributed by atoms with E-state index in [0.29, 0.717) is 41.7 Å². The lowest BCUT2D eigenvalue weighted by atomic mass is 9.99. The molecular formula is C28H32BrN5O2. The second-order valence-electron chi connectivity index (χ2n) is 9.60. The fraction of sp³-hybridized carbons (Fsp3) is 0.393. The standard InChI is InChI=1S/C28H32BrN5O2/c29-25-26(28(36)34-13-9-23(10-14-34)33-15-11-24(35)12-16-33)31-19-32-27(25)30-18-20-5-4-8-22(17-20)21-6-2-1-3-7-21/h1-8,17,19,23-24,35H,9-16,18H2,(H,30,31,32). The van der Waals surface area contributed by atoms with Gasteiger partial charge in [-0.2, -0.15) is 0 Å². The molecule has 7 nitrogen and oxygen atoms in total. The van der Waals surface area contributed by atoms with E-state index in [9.17, 15) is 9.90 Å². The summed E-state index contributed by atoms with van der Waals surface area (Å²) in [5.41, 5.74) is 3.86. The summed E-state index contributed by atoms with van der Waals surface area (Å²) < 4.78 is 0.598. The largest absolute Gasteiger partial charge is 0.393 e. The summed E-state index contributed by atoms with van der Waals surface area (Å²) in [6, 6.07) is 19.2. The van der Waals surface area contributed by atoms with Crippen molar-refractivity contribution >= 4 is 27.7 Å². The number of aliphatic hydroxyl groups excluding tert-OH is 1. The molecule has 0 atom stereocenters. The summed E-state index contributed by atoms with van der Waals surface area (Å²) in [6.45, 7) is 3.91. The second kappa shape index (κ2) is 11.5. The molecule has 8 heteroatoms. The zero-order valence-electron chi connectivity index (χ0n) is 20.3. The minimum Gasteiger partial charge on any atom is -0.393 e. The molecule has 0 spiro atoms. The molecule has 0 radical (unpaired) electrons. The minimum absolute atomic E-state index is 0.0640. The predicted molar refractivity (Wildman–Crippen MR) is 145 cm³/mol. The van der Waals surface area contributed by atoms with Gasteiger partial charge >= 0.3 is 0 Å². The molecule has 2 aromatic carbocycles. The van der Waals surface area contributed by atoms with Crippen molar-refractivity contribution in [3.8, 4) is 11.1 Å². The number of aromatic nitrogens is 2. The average molecular weight is 551 g/mol. The van der Waals surface area contributed by atoms with Crippen molar-refractivity contribution in [3.05, 3.63) is 76.7 Å². The Hall–Kier alpha value is -2.81. The Labute approximate surface area is 220 Å². The van der Waals surface area contributed by atoms with Crippen LogP contribution in [0, 0.1) is 0 Å². The number of nitrogens with one attached hydrogen (secondary N) is 1. The van der Waals surface area contributed by atoms with Crippen LogP contribution < -0.4 is 5.32 Å². The topological polar surface area (TPSA) is 81.6 Å². The Balaban J connectivity index is 1.20. The number of nitrogens with zero attached hydrogens (tertiary/aromatic N) is 4. The highest BCUT2D eigenvalue weighted by Crippen LogP contribution is 2.27. The zero-order valence-corrected chi connectivity index (χ0v) is 21.9. The number of carbonyl (C=O) groups is 1. The van der Waals surface area contributed by atoms with E-state index in [2.05, 4.69) is 72.5 Å². The molecule has 0 bridgehead atoms. The van der Waals surface area contributed by atoms with Gasteiger partial charge in [0.15, 0.2) is 0 Å². The van der Waals surface area contributed by atoms with Gasteiger partial charge < -0.3 is 20.2 Å². The molecule has 2 aliphatic rings. The van der Waals surface area contributed by atoms with Crippen LogP contribution in [-0.4, -0.2) is 69.1 Å². The van der Waals surface area contributed by atoms with E-state index in [1.54, 1.807) is 0 Å². The van der Waals surface area contributed by atoms with Gasteiger partial charge in [-0.3, -0.25) is 4.79 Å². The fourth-order valence-corrected chi connectivity index (χ4v) is 5.67. The third-order valence-corrected chi connectivity index (χ3v) is 8.00. The maximum Gasteiger partial charge on any atom is 0.273 e. The molecular weight excluding hydrogens is 518 g/mol. The monoisotopic (exact) mass is 549 g/mol. The maximum absolute atomic E-state index is 13.3. The van der Waals surface area contributed by atoms with Crippen LogP contribution >= 0.6 is 15.9 Å². The first-order valence-electron chi connectivity index (χ1n) is 12.7. The van der Waals surface area contributed by atoms with Gasteiger partial charge in [0.05, 0.1) is 10.6 Å². The number of hydrogen-bond acceptors (Lipinski definition) is 6. The Morgan fingerprint density at radius 3 is 2.42 bits per heavy atom. The lowest BCUT2D eigenvalue weighted by molar-refractivity contribution is 0.0355. The molecule has 3 heterocycles. The number of amides is 1. The highest BCUT2D eigenvalue weighted by atomic mass is 79.9. The summed E-state index contributed by atoms with van der Waals surface area (Å²) in [5, 5.41) is 13.1. The Bertz CT molecular complexity index is 1180. The number of carbonyl (C=O) groups excluding carboxylic acids is 1. The normalized spacial score (nSPS) is 17.8. The second-order valence-corrected chi connectivity index (χ2v) is 10.4. The molecule has 188 valence electrons. The minimum atomic E-state index is -0.159. The van der Waals surface area contributed by atoms with E-state index < -0.39 is 0 Å². The van der Waals surface area contributed by atoms with Crippen molar-refractivity contribution in [2.24, 2.45) is 0 Å². The van der Waals surface area contributed by atoms with Crippen molar-refractivity contribution in [1.29, 1.82) is 0 Å². The van der Waals surface area contributed by atoms with Crippen LogP contribution in [0.5, 0.6) is 0 Å². The smallest absolute Gasteiger partial charge is 0.273 e. The number of benzene rings is 2. The van der Waals surface area contributed by atoms with Crippen molar-refractivity contribution in [2.75, 3.05) is 31.5 Å². The summed E-state index contributed by atoms with van der Waals surface area (Å²) in [5.74, 6) is 0.547. The third kappa shape index (κ3) is 5.77. The molecule has 36 heavy (non-hydrogen) atoms. The van der Waals surface area contributed by atoms with Gasteiger partial charge in [0, 0.05) is 38.8 Å². The Morgan fingerprint density at radius 2 is 1.67 bits per heavy atom. The first-order chi connectivity index (χ1) is 17.6. The van der Waals surface area contributed by atoms with Crippen LogP contribution in [0.25, 0.3) is 11.1 Å². The first-order valence-corrected chi connectivity index (χ1v) is 13.5. The number of halogens is 1. The number of piperidine rings is 2. The molecule has 3 aromatic rings. The van der Waals surface area contributed by atoms with Gasteiger partial charge in [-0.05, 0) is 64.4 Å². The van der Waals surface area contributed by atoms with Crippen LogP contribution in [-0.2, 0) is 6.54 Å². The lowest BCUT2D eigenvalue weighted by Crippen LogP contribution is -2.49. The lowest BCUT2D eigenvalue weighted by Gasteiger charge is -2.41. The SMILES string of the molecule is O=C(c1ncnc(NCc2cccc(-c3ccccc3)c2)c1Br)N1CCC(N2CCC(O)CC2)CC1. The van der Waals surface area contributed by atoms with Crippen LogP contribution in [0.4, 0.5) is 5.82 Å².